The topological polar surface area (TPSA) is 139 Å². The summed E-state index contributed by atoms with van der Waals surface area (Å²) in [6.07, 6.45) is -2.68. The molecule has 1 aliphatic heterocycles. The molecule has 4 rings (SSSR count). The molecule has 1 saturated heterocycles. The highest BCUT2D eigenvalue weighted by atomic mass is 16.5. The van der Waals surface area contributed by atoms with E-state index in [1.54, 1.807) is 13.0 Å². The van der Waals surface area contributed by atoms with E-state index in [0.717, 1.165) is 42.3 Å². The number of aliphatic hydroxyl groups excluding tert-OH is 3. The van der Waals surface area contributed by atoms with Crippen molar-refractivity contribution in [2.45, 2.75) is 58.0 Å². The van der Waals surface area contributed by atoms with Gasteiger partial charge in [0.25, 0.3) is 5.91 Å². The molecule has 1 amide bonds. The summed E-state index contributed by atoms with van der Waals surface area (Å²) in [5.41, 5.74) is 2.32. The van der Waals surface area contributed by atoms with E-state index in [1.807, 2.05) is 18.2 Å². The van der Waals surface area contributed by atoms with Crippen molar-refractivity contribution in [1.82, 2.24) is 5.32 Å². The molecule has 2 aromatic carbocycles. The van der Waals surface area contributed by atoms with E-state index in [2.05, 4.69) is 54.4 Å². The van der Waals surface area contributed by atoms with Gasteiger partial charge in [-0.05, 0) is 60.9 Å². The van der Waals surface area contributed by atoms with E-state index in [4.69, 9.17) is 9.15 Å². The largest absolute Gasteiger partial charge is 0.456 e. The van der Waals surface area contributed by atoms with E-state index in [-0.39, 0.29) is 18.7 Å². The van der Waals surface area contributed by atoms with Gasteiger partial charge < -0.3 is 34.7 Å². The van der Waals surface area contributed by atoms with Gasteiger partial charge in [0.05, 0.1) is 6.61 Å². The van der Waals surface area contributed by atoms with Crippen LogP contribution in [0.1, 0.15) is 39.4 Å². The molecule has 4 N–H and O–H groups in total. The predicted molar refractivity (Wildman–Crippen MR) is 153 cm³/mol. The lowest BCUT2D eigenvalue weighted by Gasteiger charge is -2.35. The lowest BCUT2D eigenvalue weighted by molar-refractivity contribution is -0.185. The molecule has 212 valence electrons. The smallest absolute Gasteiger partial charge is 0.262 e. The zero-order chi connectivity index (χ0) is 28.8. The number of amides is 1. The van der Waals surface area contributed by atoms with Crippen LogP contribution in [-0.4, -0.2) is 71.9 Å². The molecule has 40 heavy (non-hydrogen) atoms. The Morgan fingerprint density at radius 3 is 2.42 bits per heavy atom. The predicted octanol–water partition coefficient (Wildman–Crippen LogP) is 3.62. The Labute approximate surface area is 234 Å². The van der Waals surface area contributed by atoms with Gasteiger partial charge in [-0.3, -0.25) is 4.79 Å². The number of hydrogen-bond acceptors (Lipinski definition) is 8. The van der Waals surface area contributed by atoms with Crippen molar-refractivity contribution < 1.29 is 29.3 Å². The van der Waals surface area contributed by atoms with Crippen molar-refractivity contribution in [2.24, 2.45) is 0 Å². The van der Waals surface area contributed by atoms with Crippen molar-refractivity contribution in [2.75, 3.05) is 31.1 Å². The second-order valence-corrected chi connectivity index (χ2v) is 10.1. The van der Waals surface area contributed by atoms with E-state index in [1.165, 1.54) is 5.69 Å². The van der Waals surface area contributed by atoms with Crippen LogP contribution in [0.15, 0.2) is 58.5 Å². The molecular formula is C31H37N3O6. The summed E-state index contributed by atoms with van der Waals surface area (Å²) in [7, 11) is 0. The molecule has 2 heterocycles. The highest BCUT2D eigenvalue weighted by Gasteiger charge is 2.37. The summed E-state index contributed by atoms with van der Waals surface area (Å²) in [5, 5.41) is 44.0. The van der Waals surface area contributed by atoms with Gasteiger partial charge in [0.15, 0.2) is 0 Å². The number of fused-ring (bicyclic) bond motifs is 1. The third kappa shape index (κ3) is 6.37. The van der Waals surface area contributed by atoms with Gasteiger partial charge in [0, 0.05) is 36.5 Å². The van der Waals surface area contributed by atoms with Crippen LogP contribution in [-0.2, 0) is 9.53 Å². The molecule has 0 bridgehead atoms. The van der Waals surface area contributed by atoms with Crippen LogP contribution in [0.25, 0.3) is 27.7 Å². The van der Waals surface area contributed by atoms with Crippen LogP contribution in [0.5, 0.6) is 0 Å². The van der Waals surface area contributed by atoms with E-state index in [0.29, 0.717) is 17.1 Å². The standard InChI is InChI=1S/C31H37N3O6/c1-4-12-34(13-5-2)23-9-8-20-14-22(7-6-21(20)15-23)27-11-10-26(40-27)19(3)24(16-32)31(38)33-17-28-30(37)29(36)25(35)18-39-28/h6-11,14-15,25,28-30,35-37H,4-5,12-13,17-18H2,1-3H3,(H,33,38). The number of nitrogens with one attached hydrogen (secondary N) is 1. The number of allylic oxidation sites excluding steroid dienone is 1. The van der Waals surface area contributed by atoms with Crippen molar-refractivity contribution in [3.8, 4) is 17.4 Å². The molecule has 0 aliphatic carbocycles. The molecule has 9 heteroatoms. The average molecular weight is 548 g/mol. The molecule has 0 spiro atoms. The Hall–Kier alpha value is -3.68. The summed E-state index contributed by atoms with van der Waals surface area (Å²) in [6.45, 7) is 7.74. The molecule has 1 aromatic heterocycles. The third-order valence-corrected chi connectivity index (χ3v) is 7.22. The Morgan fingerprint density at radius 2 is 1.73 bits per heavy atom. The Kier molecular flexibility index (Phi) is 9.61. The minimum Gasteiger partial charge on any atom is -0.456 e. The van der Waals surface area contributed by atoms with Gasteiger partial charge in [0.2, 0.25) is 0 Å². The van der Waals surface area contributed by atoms with Crippen molar-refractivity contribution in [3.05, 3.63) is 59.9 Å². The molecule has 1 aliphatic rings. The average Bonchev–Trinajstić information content (AvgIpc) is 3.46. The second-order valence-electron chi connectivity index (χ2n) is 10.1. The fourth-order valence-corrected chi connectivity index (χ4v) is 4.94. The molecule has 4 unspecified atom stereocenters. The summed E-state index contributed by atoms with van der Waals surface area (Å²) in [6, 6.07) is 18.1. The van der Waals surface area contributed by atoms with Gasteiger partial charge in [-0.1, -0.05) is 32.0 Å². The normalized spacial score (nSPS) is 21.5. The zero-order valence-corrected chi connectivity index (χ0v) is 23.1. The van der Waals surface area contributed by atoms with Gasteiger partial charge in [-0.25, -0.2) is 0 Å². The summed E-state index contributed by atoms with van der Waals surface area (Å²) < 4.78 is 11.4. The van der Waals surface area contributed by atoms with Crippen LogP contribution >= 0.6 is 0 Å². The van der Waals surface area contributed by atoms with Crippen LogP contribution in [0, 0.1) is 11.3 Å². The quantitative estimate of drug-likeness (QED) is 0.223. The Balaban J connectivity index is 1.49. The van der Waals surface area contributed by atoms with Gasteiger partial charge >= 0.3 is 0 Å². The number of anilines is 1. The van der Waals surface area contributed by atoms with Gasteiger partial charge in [-0.2, -0.15) is 5.26 Å². The first kappa shape index (κ1) is 29.3. The molecule has 4 atom stereocenters. The van der Waals surface area contributed by atoms with Gasteiger partial charge in [-0.15, -0.1) is 0 Å². The van der Waals surface area contributed by atoms with E-state index < -0.39 is 30.3 Å². The summed E-state index contributed by atoms with van der Waals surface area (Å²) in [5.74, 6) is 0.346. The lowest BCUT2D eigenvalue weighted by Crippen LogP contribution is -2.56. The maximum atomic E-state index is 12.8. The monoisotopic (exact) mass is 547 g/mol. The number of aliphatic hydroxyl groups is 3. The maximum Gasteiger partial charge on any atom is 0.262 e. The number of carbonyl (C=O) groups excluding carboxylic acids is 1. The fourth-order valence-electron chi connectivity index (χ4n) is 4.94. The number of ether oxygens (including phenoxy) is 1. The Morgan fingerprint density at radius 1 is 1.02 bits per heavy atom. The molecular weight excluding hydrogens is 510 g/mol. The Bertz CT molecular complexity index is 1400. The molecule has 0 radical (unpaired) electrons. The zero-order valence-electron chi connectivity index (χ0n) is 23.1. The first-order valence-electron chi connectivity index (χ1n) is 13.7. The van der Waals surface area contributed by atoms with E-state index in [9.17, 15) is 25.4 Å². The van der Waals surface area contributed by atoms with Crippen molar-refractivity contribution in [3.63, 3.8) is 0 Å². The summed E-state index contributed by atoms with van der Waals surface area (Å²) >= 11 is 0. The first-order chi connectivity index (χ1) is 19.3. The van der Waals surface area contributed by atoms with Crippen LogP contribution in [0.4, 0.5) is 5.69 Å². The number of nitrogens with zero attached hydrogens (tertiary/aromatic N) is 2. The molecule has 1 fully saturated rings. The minimum absolute atomic E-state index is 0.137. The van der Waals surface area contributed by atoms with Crippen LogP contribution in [0.3, 0.4) is 0 Å². The SMILES string of the molecule is CCCN(CCC)c1ccc2cc(-c3ccc(C(C)=C(C#N)C(=O)NCC4OCC(O)C(O)C4O)o3)ccc2c1. The minimum atomic E-state index is -1.38. The number of hydrogen-bond donors (Lipinski definition) is 4. The summed E-state index contributed by atoms with van der Waals surface area (Å²) in [4.78, 5) is 15.2. The van der Waals surface area contributed by atoms with Crippen molar-refractivity contribution >= 4 is 27.9 Å². The molecule has 9 nitrogen and oxygen atoms in total. The van der Waals surface area contributed by atoms with Crippen molar-refractivity contribution in [1.29, 1.82) is 5.26 Å². The lowest BCUT2D eigenvalue weighted by atomic mass is 10.00. The van der Waals surface area contributed by atoms with Crippen LogP contribution < -0.4 is 10.2 Å². The van der Waals surface area contributed by atoms with Gasteiger partial charge in [0.1, 0.15) is 47.6 Å². The third-order valence-electron chi connectivity index (χ3n) is 7.22. The number of nitriles is 1. The number of furan rings is 1. The maximum absolute atomic E-state index is 12.8. The molecule has 0 saturated carbocycles. The number of rotatable bonds is 10. The fraction of sp³-hybridized carbons (Fsp3) is 0.419. The van der Waals surface area contributed by atoms with Crippen LogP contribution in [0.2, 0.25) is 0 Å². The molecule has 3 aromatic rings. The number of carbonyl (C=O) groups is 1. The van der Waals surface area contributed by atoms with E-state index >= 15 is 0 Å². The highest BCUT2D eigenvalue weighted by Crippen LogP contribution is 2.31. The first-order valence-corrected chi connectivity index (χ1v) is 13.7. The highest BCUT2D eigenvalue weighted by molar-refractivity contribution is 6.04. The number of benzene rings is 2. The second kappa shape index (κ2) is 13.1.